The van der Waals surface area contributed by atoms with Crippen LogP contribution in [-0.4, -0.2) is 34.6 Å². The van der Waals surface area contributed by atoms with E-state index in [9.17, 15) is 13.2 Å². The number of hydrogen-bond acceptors (Lipinski definition) is 5. The van der Waals surface area contributed by atoms with E-state index in [-0.39, 0.29) is 17.3 Å². The normalized spacial score (nSPS) is 11.3. The maximum absolute atomic E-state index is 12.1. The van der Waals surface area contributed by atoms with Gasteiger partial charge in [-0.25, -0.2) is 13.1 Å². The average molecular weight is 377 g/mol. The number of methoxy groups -OCH3 is 1. The van der Waals surface area contributed by atoms with E-state index >= 15 is 0 Å². The highest BCUT2D eigenvalue weighted by Gasteiger charge is 2.13. The van der Waals surface area contributed by atoms with Crippen LogP contribution in [0.3, 0.4) is 0 Å². The van der Waals surface area contributed by atoms with Gasteiger partial charge in [0.25, 0.3) is 5.91 Å². The first-order valence-electron chi connectivity index (χ1n) is 8.11. The van der Waals surface area contributed by atoms with Crippen LogP contribution < -0.4 is 15.8 Å². The Bertz CT molecular complexity index is 819. The van der Waals surface area contributed by atoms with E-state index in [0.717, 1.165) is 11.1 Å². The summed E-state index contributed by atoms with van der Waals surface area (Å²) in [6.45, 7) is 1.24. The number of carbonyl (C=O) groups is 1. The third-order valence-electron chi connectivity index (χ3n) is 3.74. The van der Waals surface area contributed by atoms with Crippen molar-refractivity contribution in [3.05, 3.63) is 65.2 Å². The molecule has 26 heavy (non-hydrogen) atoms. The topological polar surface area (TPSA) is 111 Å². The Labute approximate surface area is 153 Å². The van der Waals surface area contributed by atoms with Gasteiger partial charge in [0, 0.05) is 32.3 Å². The van der Waals surface area contributed by atoms with Gasteiger partial charge in [0.1, 0.15) is 0 Å². The summed E-state index contributed by atoms with van der Waals surface area (Å²) >= 11 is 0. The minimum absolute atomic E-state index is 0.168. The summed E-state index contributed by atoms with van der Waals surface area (Å²) < 4.78 is 31.4. The highest BCUT2D eigenvalue weighted by molar-refractivity contribution is 7.89. The molecule has 7 nitrogen and oxygen atoms in total. The van der Waals surface area contributed by atoms with Crippen LogP contribution in [0.1, 0.15) is 21.5 Å². The molecular weight excluding hydrogens is 354 g/mol. The molecular formula is C18H23N3O4S. The summed E-state index contributed by atoms with van der Waals surface area (Å²) in [5.74, 6) is -0.202. The van der Waals surface area contributed by atoms with Crippen LogP contribution in [0.4, 0.5) is 0 Å². The van der Waals surface area contributed by atoms with Gasteiger partial charge in [-0.05, 0) is 35.4 Å². The fraction of sp³-hybridized carbons (Fsp3) is 0.278. The molecule has 140 valence electrons. The number of benzene rings is 2. The Morgan fingerprint density at radius 3 is 2.23 bits per heavy atom. The van der Waals surface area contributed by atoms with E-state index in [2.05, 4.69) is 10.0 Å². The molecule has 0 unspecified atom stereocenters. The van der Waals surface area contributed by atoms with Crippen molar-refractivity contribution in [3.8, 4) is 0 Å². The number of rotatable bonds is 9. The second kappa shape index (κ2) is 9.44. The number of hydrogen-bond donors (Lipinski definition) is 3. The molecule has 0 atom stereocenters. The molecule has 0 bridgehead atoms. The fourth-order valence-electron chi connectivity index (χ4n) is 2.22. The molecule has 0 saturated heterocycles. The van der Waals surface area contributed by atoms with Gasteiger partial charge in [-0.3, -0.25) is 4.79 Å². The monoisotopic (exact) mass is 377 g/mol. The van der Waals surface area contributed by atoms with Gasteiger partial charge < -0.3 is 15.8 Å². The zero-order valence-electron chi connectivity index (χ0n) is 14.6. The van der Waals surface area contributed by atoms with Crippen molar-refractivity contribution in [1.29, 1.82) is 0 Å². The molecule has 2 aromatic rings. The van der Waals surface area contributed by atoms with Gasteiger partial charge in [0.05, 0.1) is 11.5 Å². The van der Waals surface area contributed by atoms with Crippen molar-refractivity contribution in [3.63, 3.8) is 0 Å². The maximum Gasteiger partial charge on any atom is 0.251 e. The Balaban J connectivity index is 1.93. The third kappa shape index (κ3) is 5.63. The van der Waals surface area contributed by atoms with Crippen molar-refractivity contribution in [2.45, 2.75) is 18.0 Å². The molecule has 0 aliphatic heterocycles. The lowest BCUT2D eigenvalue weighted by Crippen LogP contribution is -2.27. The summed E-state index contributed by atoms with van der Waals surface area (Å²) in [6.07, 6.45) is 0. The third-order valence-corrected chi connectivity index (χ3v) is 5.21. The molecule has 0 aliphatic rings. The molecule has 1 amide bonds. The molecule has 0 spiro atoms. The Hall–Kier alpha value is -2.26. The molecule has 4 N–H and O–H groups in total. The molecule has 0 heterocycles. The minimum atomic E-state index is -3.56. The van der Waals surface area contributed by atoms with E-state index in [0.29, 0.717) is 25.3 Å². The van der Waals surface area contributed by atoms with Crippen LogP contribution in [0, 0.1) is 0 Å². The van der Waals surface area contributed by atoms with Gasteiger partial charge in [-0.15, -0.1) is 0 Å². The Morgan fingerprint density at radius 2 is 1.65 bits per heavy atom. The lowest BCUT2D eigenvalue weighted by atomic mass is 10.1. The first-order valence-corrected chi connectivity index (χ1v) is 9.59. The number of sulfonamides is 1. The van der Waals surface area contributed by atoms with Gasteiger partial charge >= 0.3 is 0 Å². The van der Waals surface area contributed by atoms with Gasteiger partial charge in [-0.2, -0.15) is 0 Å². The van der Waals surface area contributed by atoms with Crippen LogP contribution in [0.2, 0.25) is 0 Å². The summed E-state index contributed by atoms with van der Waals surface area (Å²) in [5, 5.41) is 2.80. The van der Waals surface area contributed by atoms with Crippen molar-refractivity contribution < 1.29 is 17.9 Å². The van der Waals surface area contributed by atoms with Crippen LogP contribution in [0.5, 0.6) is 0 Å². The summed E-state index contributed by atoms with van der Waals surface area (Å²) in [5.41, 5.74) is 7.83. The molecule has 0 saturated carbocycles. The highest BCUT2D eigenvalue weighted by Crippen LogP contribution is 2.11. The molecule has 0 aromatic heterocycles. The maximum atomic E-state index is 12.1. The van der Waals surface area contributed by atoms with Gasteiger partial charge in [0.2, 0.25) is 10.0 Å². The lowest BCUT2D eigenvalue weighted by Gasteiger charge is -2.09. The van der Waals surface area contributed by atoms with Crippen molar-refractivity contribution in [1.82, 2.24) is 10.0 Å². The van der Waals surface area contributed by atoms with Gasteiger partial charge in [0.15, 0.2) is 0 Å². The number of nitrogens with two attached hydrogens (primary N) is 1. The highest BCUT2D eigenvalue weighted by atomic mass is 32.2. The fourth-order valence-corrected chi connectivity index (χ4v) is 3.24. The van der Waals surface area contributed by atoms with Crippen LogP contribution in [0.25, 0.3) is 0 Å². The SMILES string of the molecule is COCCNS(=O)(=O)c1ccc(CNC(=O)c2ccc(CN)cc2)cc1. The van der Waals surface area contributed by atoms with E-state index in [1.807, 2.05) is 12.1 Å². The zero-order chi connectivity index (χ0) is 19.0. The standard InChI is InChI=1S/C18H23N3O4S/c1-25-11-10-21-26(23,24)17-8-4-15(5-9-17)13-20-18(22)16-6-2-14(12-19)3-7-16/h2-9,21H,10-13,19H2,1H3,(H,20,22). The largest absolute Gasteiger partial charge is 0.383 e. The average Bonchev–Trinajstić information content (AvgIpc) is 2.66. The van der Waals surface area contributed by atoms with E-state index in [1.54, 1.807) is 24.3 Å². The molecule has 0 radical (unpaired) electrons. The van der Waals surface area contributed by atoms with Crippen molar-refractivity contribution >= 4 is 15.9 Å². The quantitative estimate of drug-likeness (QED) is 0.565. The smallest absolute Gasteiger partial charge is 0.251 e. The predicted octanol–water partition coefficient (Wildman–Crippen LogP) is 1.000. The Kier molecular flexibility index (Phi) is 7.28. The number of nitrogens with one attached hydrogen (secondary N) is 2. The van der Waals surface area contributed by atoms with Crippen LogP contribution >= 0.6 is 0 Å². The van der Waals surface area contributed by atoms with Gasteiger partial charge in [-0.1, -0.05) is 24.3 Å². The molecule has 2 rings (SSSR count). The first-order chi connectivity index (χ1) is 12.5. The molecule has 0 aliphatic carbocycles. The van der Waals surface area contributed by atoms with Crippen LogP contribution in [0.15, 0.2) is 53.4 Å². The van der Waals surface area contributed by atoms with Crippen molar-refractivity contribution in [2.24, 2.45) is 5.73 Å². The van der Waals surface area contributed by atoms with E-state index < -0.39 is 10.0 Å². The first kappa shape index (κ1) is 20.1. The molecule has 8 heteroatoms. The number of carbonyl (C=O) groups excluding carboxylic acids is 1. The summed E-state index contributed by atoms with van der Waals surface area (Å²) in [7, 11) is -2.05. The second-order valence-electron chi connectivity index (χ2n) is 5.62. The van der Waals surface area contributed by atoms with E-state index in [4.69, 9.17) is 10.5 Å². The Morgan fingerprint density at radius 1 is 1.04 bits per heavy atom. The van der Waals surface area contributed by atoms with E-state index in [1.165, 1.54) is 19.2 Å². The summed E-state index contributed by atoms with van der Waals surface area (Å²) in [4.78, 5) is 12.3. The number of amides is 1. The molecule has 0 fully saturated rings. The molecule has 2 aromatic carbocycles. The zero-order valence-corrected chi connectivity index (χ0v) is 15.4. The lowest BCUT2D eigenvalue weighted by molar-refractivity contribution is 0.0951. The summed E-state index contributed by atoms with van der Waals surface area (Å²) in [6, 6.07) is 13.4. The number of ether oxygens (including phenoxy) is 1. The van der Waals surface area contributed by atoms with Crippen molar-refractivity contribution in [2.75, 3.05) is 20.3 Å². The second-order valence-corrected chi connectivity index (χ2v) is 7.39. The van der Waals surface area contributed by atoms with Crippen LogP contribution in [-0.2, 0) is 27.8 Å². The minimum Gasteiger partial charge on any atom is -0.383 e. The predicted molar refractivity (Wildman–Crippen MR) is 99.0 cm³/mol.